The number of hydrogen-bond donors (Lipinski definition) is 1. The number of amides is 3. The Hall–Kier alpha value is -3.35. The Kier molecular flexibility index (Phi) is 7.02. The first-order valence-corrected chi connectivity index (χ1v) is 12.5. The zero-order valence-corrected chi connectivity index (χ0v) is 20.0. The van der Waals surface area contributed by atoms with Crippen molar-refractivity contribution in [2.24, 2.45) is 0 Å². The lowest BCUT2D eigenvalue weighted by Gasteiger charge is -2.38. The molecule has 35 heavy (non-hydrogen) atoms. The van der Waals surface area contributed by atoms with E-state index in [1.165, 1.54) is 0 Å². The third-order valence-electron chi connectivity index (χ3n) is 7.15. The Labute approximate surface area is 205 Å². The molecule has 2 aliphatic heterocycles. The summed E-state index contributed by atoms with van der Waals surface area (Å²) in [5.41, 5.74) is 3.73. The molecule has 0 radical (unpaired) electrons. The average molecular weight is 477 g/mol. The van der Waals surface area contributed by atoms with Crippen molar-refractivity contribution in [1.82, 2.24) is 19.3 Å². The van der Waals surface area contributed by atoms with Crippen LogP contribution in [0.15, 0.2) is 30.3 Å². The molecule has 3 amide bonds. The van der Waals surface area contributed by atoms with Crippen LogP contribution in [0.4, 0.5) is 10.6 Å². The monoisotopic (exact) mass is 476 g/mol. The Balaban J connectivity index is 1.26. The first-order chi connectivity index (χ1) is 17.2. The fourth-order valence-electron chi connectivity index (χ4n) is 5.32. The molecule has 1 aliphatic carbocycles. The molecule has 2 saturated heterocycles. The number of hydrogen-bond acceptors (Lipinski definition) is 5. The van der Waals surface area contributed by atoms with Gasteiger partial charge in [-0.2, -0.15) is 5.26 Å². The van der Waals surface area contributed by atoms with Gasteiger partial charge < -0.3 is 19.9 Å². The lowest BCUT2D eigenvalue weighted by Crippen LogP contribution is -2.55. The minimum absolute atomic E-state index is 0.0577. The lowest BCUT2D eigenvalue weighted by atomic mass is 9.95. The predicted octanol–water partition coefficient (Wildman–Crippen LogP) is 2.24. The number of aromatic nitrogens is 1. The van der Waals surface area contributed by atoms with Crippen LogP contribution in [0.3, 0.4) is 0 Å². The summed E-state index contributed by atoms with van der Waals surface area (Å²) in [5.74, 6) is 0.443. The van der Waals surface area contributed by atoms with Crippen LogP contribution in [-0.2, 0) is 22.4 Å². The summed E-state index contributed by atoms with van der Waals surface area (Å²) in [6, 6.07) is 12.4. The minimum atomic E-state index is -0.138. The number of nitrogens with one attached hydrogen (secondary N) is 1. The molecule has 9 heteroatoms. The maximum Gasteiger partial charge on any atom is 0.320 e. The molecule has 3 heterocycles. The molecule has 9 nitrogen and oxygen atoms in total. The molecule has 0 spiro atoms. The van der Waals surface area contributed by atoms with Crippen molar-refractivity contribution in [3.05, 3.63) is 47.2 Å². The highest BCUT2D eigenvalue weighted by Crippen LogP contribution is 2.35. The third kappa shape index (κ3) is 4.90. The third-order valence-corrected chi connectivity index (χ3v) is 7.15. The van der Waals surface area contributed by atoms with Crippen molar-refractivity contribution in [1.29, 1.82) is 5.26 Å². The summed E-state index contributed by atoms with van der Waals surface area (Å²) in [5, 5.41) is 13.1. The Bertz CT molecular complexity index is 1110. The number of rotatable bonds is 4. The van der Waals surface area contributed by atoms with Crippen molar-refractivity contribution in [2.45, 2.75) is 25.7 Å². The first-order valence-electron chi connectivity index (χ1n) is 12.5. The summed E-state index contributed by atoms with van der Waals surface area (Å²) in [6.45, 7) is 5.16. The topological polar surface area (TPSA) is 93.8 Å². The molecule has 1 N–H and O–H groups in total. The van der Waals surface area contributed by atoms with Crippen LogP contribution >= 0.6 is 0 Å². The maximum atomic E-state index is 13.1. The van der Waals surface area contributed by atoms with Gasteiger partial charge in [-0.15, -0.1) is 0 Å². The molecule has 0 atom stereocenters. The molecule has 1 aromatic heterocycles. The number of piperazine rings is 1. The highest BCUT2D eigenvalue weighted by atomic mass is 16.5. The van der Waals surface area contributed by atoms with Gasteiger partial charge in [-0.25, -0.2) is 4.79 Å². The maximum absolute atomic E-state index is 13.1. The number of para-hydroxylation sites is 1. The van der Waals surface area contributed by atoms with Crippen molar-refractivity contribution < 1.29 is 14.3 Å². The van der Waals surface area contributed by atoms with E-state index in [2.05, 4.69) is 20.9 Å². The summed E-state index contributed by atoms with van der Waals surface area (Å²) < 4.78 is 7.40. The predicted molar refractivity (Wildman–Crippen MR) is 132 cm³/mol. The molecule has 5 rings (SSSR count). The number of urea groups is 1. The number of nitriles is 1. The lowest BCUT2D eigenvalue weighted by molar-refractivity contribution is -0.117. The number of benzene rings is 1. The Morgan fingerprint density at radius 2 is 1.63 bits per heavy atom. The molecular weight excluding hydrogens is 444 g/mol. The summed E-state index contributed by atoms with van der Waals surface area (Å²) >= 11 is 0. The number of anilines is 1. The van der Waals surface area contributed by atoms with E-state index in [1.54, 1.807) is 0 Å². The van der Waals surface area contributed by atoms with Gasteiger partial charge in [0.25, 0.3) is 0 Å². The van der Waals surface area contributed by atoms with E-state index < -0.39 is 0 Å². The van der Waals surface area contributed by atoms with Crippen LogP contribution in [0.5, 0.6) is 0 Å². The van der Waals surface area contributed by atoms with Gasteiger partial charge in [0.15, 0.2) is 0 Å². The number of carbonyl (C=O) groups is 2. The molecule has 2 aromatic rings. The highest BCUT2D eigenvalue weighted by Gasteiger charge is 2.29. The fourth-order valence-corrected chi connectivity index (χ4v) is 5.32. The first kappa shape index (κ1) is 23.4. The number of nitrogens with zero attached hydrogens (tertiary/aromatic N) is 5. The van der Waals surface area contributed by atoms with E-state index >= 15 is 0 Å². The van der Waals surface area contributed by atoms with Gasteiger partial charge in [0, 0.05) is 50.6 Å². The van der Waals surface area contributed by atoms with Gasteiger partial charge >= 0.3 is 6.03 Å². The minimum Gasteiger partial charge on any atom is -0.378 e. The normalized spacial score (nSPS) is 18.6. The van der Waals surface area contributed by atoms with Crippen LogP contribution < -0.4 is 5.32 Å². The molecule has 1 aromatic carbocycles. The molecule has 0 saturated carbocycles. The quantitative estimate of drug-likeness (QED) is 0.731. The second-order valence-electron chi connectivity index (χ2n) is 9.33. The van der Waals surface area contributed by atoms with E-state index in [0.29, 0.717) is 63.9 Å². The van der Waals surface area contributed by atoms with Gasteiger partial charge in [-0.3, -0.25) is 14.3 Å². The van der Waals surface area contributed by atoms with E-state index in [-0.39, 0.29) is 18.5 Å². The highest BCUT2D eigenvalue weighted by molar-refractivity contribution is 5.94. The zero-order chi connectivity index (χ0) is 24.2. The number of ether oxygens (including phenoxy) is 1. The number of morpholine rings is 1. The van der Waals surface area contributed by atoms with E-state index in [0.717, 1.165) is 42.6 Å². The number of carbonyl (C=O) groups excluding carboxylic acids is 2. The molecule has 0 bridgehead atoms. The van der Waals surface area contributed by atoms with Gasteiger partial charge in [-0.1, -0.05) is 18.2 Å². The van der Waals surface area contributed by atoms with Gasteiger partial charge in [0.1, 0.15) is 11.9 Å². The zero-order valence-electron chi connectivity index (χ0n) is 20.0. The number of fused-ring (bicyclic) bond motifs is 1. The Morgan fingerprint density at radius 1 is 0.943 bits per heavy atom. The smallest absolute Gasteiger partial charge is 0.320 e. The molecule has 3 aliphatic rings. The summed E-state index contributed by atoms with van der Waals surface area (Å²) in [6.07, 6.45) is 3.89. The van der Waals surface area contributed by atoms with Crippen molar-refractivity contribution >= 4 is 17.8 Å². The fraction of sp³-hybridized carbons (Fsp3) is 0.500. The van der Waals surface area contributed by atoms with Crippen LogP contribution in [0, 0.1) is 11.3 Å². The second kappa shape index (κ2) is 10.5. The SMILES string of the molecule is N#Cc1c2c(n(-c3ccccc3)c1NC(=O)CN1CCN(C(=O)N3CCOCC3)CC1)CCCC2. The molecular formula is C26H32N6O3. The van der Waals surface area contributed by atoms with E-state index in [1.807, 2.05) is 40.1 Å². The molecule has 2 fully saturated rings. The van der Waals surface area contributed by atoms with Gasteiger partial charge in [0.05, 0.1) is 25.3 Å². The summed E-state index contributed by atoms with van der Waals surface area (Å²) in [7, 11) is 0. The average Bonchev–Trinajstić information content (AvgIpc) is 3.22. The molecule has 0 unspecified atom stereocenters. The van der Waals surface area contributed by atoms with Crippen molar-refractivity contribution in [3.63, 3.8) is 0 Å². The van der Waals surface area contributed by atoms with Crippen molar-refractivity contribution in [2.75, 3.05) is 64.3 Å². The van der Waals surface area contributed by atoms with Crippen LogP contribution in [0.2, 0.25) is 0 Å². The largest absolute Gasteiger partial charge is 0.378 e. The van der Waals surface area contributed by atoms with Crippen molar-refractivity contribution in [3.8, 4) is 11.8 Å². The van der Waals surface area contributed by atoms with Gasteiger partial charge in [0.2, 0.25) is 5.91 Å². The molecule has 184 valence electrons. The van der Waals surface area contributed by atoms with E-state index in [9.17, 15) is 14.9 Å². The van der Waals surface area contributed by atoms with Gasteiger partial charge in [-0.05, 0) is 43.4 Å². The van der Waals surface area contributed by atoms with Crippen LogP contribution in [0.1, 0.15) is 29.7 Å². The Morgan fingerprint density at radius 3 is 2.34 bits per heavy atom. The standard InChI is InChI=1S/C26H32N6O3/c27-18-22-21-8-4-5-9-23(21)32(20-6-2-1-3-7-20)25(22)28-24(33)19-29-10-12-30(13-11-29)26(34)31-14-16-35-17-15-31/h1-3,6-7H,4-5,8-17,19H2,(H,28,33). The van der Waals surface area contributed by atoms with Crippen LogP contribution in [-0.4, -0.2) is 90.2 Å². The van der Waals surface area contributed by atoms with Crippen LogP contribution in [0.25, 0.3) is 5.69 Å². The van der Waals surface area contributed by atoms with E-state index in [4.69, 9.17) is 4.74 Å². The second-order valence-corrected chi connectivity index (χ2v) is 9.33. The summed E-state index contributed by atoms with van der Waals surface area (Å²) in [4.78, 5) is 31.6.